The van der Waals surface area contributed by atoms with Crippen molar-refractivity contribution in [3.05, 3.63) is 22.3 Å². The van der Waals surface area contributed by atoms with Crippen molar-refractivity contribution < 1.29 is 4.79 Å². The van der Waals surface area contributed by atoms with E-state index in [0.29, 0.717) is 6.54 Å². The van der Waals surface area contributed by atoms with Gasteiger partial charge in [-0.05, 0) is 48.3 Å². The number of hydrogen-bond donors (Lipinski definition) is 2. The molecule has 0 atom stereocenters. The summed E-state index contributed by atoms with van der Waals surface area (Å²) < 4.78 is 0.950. The molecule has 0 aromatic carbocycles. The van der Waals surface area contributed by atoms with Gasteiger partial charge in [0.25, 0.3) is 0 Å². The molecule has 0 radical (unpaired) electrons. The van der Waals surface area contributed by atoms with E-state index in [9.17, 15) is 4.79 Å². The van der Waals surface area contributed by atoms with Crippen LogP contribution in [0.15, 0.2) is 16.7 Å². The summed E-state index contributed by atoms with van der Waals surface area (Å²) in [6, 6.07) is 1.99. The summed E-state index contributed by atoms with van der Waals surface area (Å²) in [4.78, 5) is 15.9. The van der Waals surface area contributed by atoms with E-state index < -0.39 is 5.41 Å². The van der Waals surface area contributed by atoms with Crippen molar-refractivity contribution in [3.63, 3.8) is 0 Å². The summed E-state index contributed by atoms with van der Waals surface area (Å²) in [6.07, 6.45) is 1.74. The summed E-state index contributed by atoms with van der Waals surface area (Å²) in [6.45, 7) is 6.31. The second kappa shape index (κ2) is 5.49. The first kappa shape index (κ1) is 14.0. The summed E-state index contributed by atoms with van der Waals surface area (Å²) >= 11 is 3.37. The standard InChI is InChI=1S/C12H18BrN3O/c1-8-5-9(13)6-15-10(8)16-7-12(2,3)11(17)14-4/h5-6H,7H2,1-4H3,(H,14,17)(H,15,16). The highest BCUT2D eigenvalue weighted by molar-refractivity contribution is 9.10. The number of aromatic nitrogens is 1. The van der Waals surface area contributed by atoms with Crippen LogP contribution in [0.25, 0.3) is 0 Å². The first-order valence-electron chi connectivity index (χ1n) is 5.45. The van der Waals surface area contributed by atoms with Crippen LogP contribution in [0.5, 0.6) is 0 Å². The van der Waals surface area contributed by atoms with Gasteiger partial charge in [0.2, 0.25) is 5.91 Å². The lowest BCUT2D eigenvalue weighted by Crippen LogP contribution is -2.39. The zero-order chi connectivity index (χ0) is 13.1. The van der Waals surface area contributed by atoms with Crippen LogP contribution < -0.4 is 10.6 Å². The quantitative estimate of drug-likeness (QED) is 0.897. The molecule has 0 fully saturated rings. The lowest BCUT2D eigenvalue weighted by atomic mass is 9.92. The van der Waals surface area contributed by atoms with E-state index in [-0.39, 0.29) is 5.91 Å². The van der Waals surface area contributed by atoms with Gasteiger partial charge in [0, 0.05) is 24.3 Å². The fourth-order valence-corrected chi connectivity index (χ4v) is 1.89. The predicted octanol–water partition coefficient (Wildman–Crippen LogP) is 2.34. The molecular weight excluding hydrogens is 282 g/mol. The number of pyridine rings is 1. The number of carbonyl (C=O) groups is 1. The van der Waals surface area contributed by atoms with Gasteiger partial charge in [-0.15, -0.1) is 0 Å². The Bertz CT molecular complexity index is 418. The van der Waals surface area contributed by atoms with Crippen molar-refractivity contribution in [2.45, 2.75) is 20.8 Å². The third-order valence-electron chi connectivity index (χ3n) is 2.58. The molecule has 17 heavy (non-hydrogen) atoms. The molecule has 2 N–H and O–H groups in total. The molecule has 0 aliphatic rings. The van der Waals surface area contributed by atoms with E-state index in [1.54, 1.807) is 13.2 Å². The predicted molar refractivity (Wildman–Crippen MR) is 73.0 cm³/mol. The largest absolute Gasteiger partial charge is 0.369 e. The van der Waals surface area contributed by atoms with Crippen LogP contribution in [0.2, 0.25) is 0 Å². The van der Waals surface area contributed by atoms with Gasteiger partial charge < -0.3 is 10.6 Å². The van der Waals surface area contributed by atoms with Gasteiger partial charge >= 0.3 is 0 Å². The molecule has 94 valence electrons. The number of amides is 1. The van der Waals surface area contributed by atoms with Crippen LogP contribution in [0.1, 0.15) is 19.4 Å². The minimum Gasteiger partial charge on any atom is -0.369 e. The first-order chi connectivity index (χ1) is 7.86. The van der Waals surface area contributed by atoms with Crippen molar-refractivity contribution in [3.8, 4) is 0 Å². The van der Waals surface area contributed by atoms with Gasteiger partial charge in [-0.2, -0.15) is 0 Å². The van der Waals surface area contributed by atoms with Crippen LogP contribution in [-0.4, -0.2) is 24.5 Å². The van der Waals surface area contributed by atoms with Gasteiger partial charge in [0.15, 0.2) is 0 Å². The zero-order valence-corrected chi connectivity index (χ0v) is 12.2. The number of nitrogens with zero attached hydrogens (tertiary/aromatic N) is 1. The zero-order valence-electron chi connectivity index (χ0n) is 10.6. The van der Waals surface area contributed by atoms with Crippen LogP contribution in [0.3, 0.4) is 0 Å². The molecule has 0 unspecified atom stereocenters. The summed E-state index contributed by atoms with van der Waals surface area (Å²) in [7, 11) is 1.65. The van der Waals surface area contributed by atoms with Crippen LogP contribution >= 0.6 is 15.9 Å². The van der Waals surface area contributed by atoms with Crippen LogP contribution in [-0.2, 0) is 4.79 Å². The van der Waals surface area contributed by atoms with E-state index in [4.69, 9.17) is 0 Å². The molecule has 1 heterocycles. The SMILES string of the molecule is CNC(=O)C(C)(C)CNc1ncc(Br)cc1C. The lowest BCUT2D eigenvalue weighted by Gasteiger charge is -2.23. The van der Waals surface area contributed by atoms with Crippen molar-refractivity contribution in [2.75, 3.05) is 18.9 Å². The Morgan fingerprint density at radius 1 is 1.53 bits per heavy atom. The fourth-order valence-electron chi connectivity index (χ4n) is 1.45. The van der Waals surface area contributed by atoms with E-state index in [0.717, 1.165) is 15.9 Å². The van der Waals surface area contributed by atoms with Crippen molar-refractivity contribution in [2.24, 2.45) is 5.41 Å². The highest BCUT2D eigenvalue weighted by atomic mass is 79.9. The third kappa shape index (κ3) is 3.70. The molecule has 0 saturated carbocycles. The topological polar surface area (TPSA) is 54.0 Å². The molecule has 0 aliphatic heterocycles. The van der Waals surface area contributed by atoms with Crippen LogP contribution in [0, 0.1) is 12.3 Å². The molecule has 1 amide bonds. The van der Waals surface area contributed by atoms with Crippen LogP contribution in [0.4, 0.5) is 5.82 Å². The average Bonchev–Trinajstić information content (AvgIpc) is 2.26. The Hall–Kier alpha value is -1.10. The molecule has 1 rings (SSSR count). The summed E-state index contributed by atoms with van der Waals surface area (Å²) in [5.41, 5.74) is 0.586. The number of rotatable bonds is 4. The average molecular weight is 300 g/mol. The highest BCUT2D eigenvalue weighted by Gasteiger charge is 2.26. The van der Waals surface area contributed by atoms with Crippen molar-refractivity contribution >= 4 is 27.7 Å². The number of carbonyl (C=O) groups excluding carboxylic acids is 1. The minimum atomic E-state index is -0.462. The smallest absolute Gasteiger partial charge is 0.227 e. The maximum Gasteiger partial charge on any atom is 0.227 e. The molecule has 5 heteroatoms. The molecule has 0 saturated heterocycles. The maximum absolute atomic E-state index is 11.6. The summed E-state index contributed by atoms with van der Waals surface area (Å²) in [5.74, 6) is 0.824. The van der Waals surface area contributed by atoms with E-state index in [1.807, 2.05) is 26.8 Å². The minimum absolute atomic E-state index is 0.0137. The van der Waals surface area contributed by atoms with Gasteiger partial charge in [-0.25, -0.2) is 4.98 Å². The number of nitrogens with one attached hydrogen (secondary N) is 2. The van der Waals surface area contributed by atoms with Gasteiger partial charge in [0.05, 0.1) is 5.41 Å². The van der Waals surface area contributed by atoms with Crippen molar-refractivity contribution in [1.82, 2.24) is 10.3 Å². The second-order valence-electron chi connectivity index (χ2n) is 4.64. The normalized spacial score (nSPS) is 11.1. The number of hydrogen-bond acceptors (Lipinski definition) is 3. The highest BCUT2D eigenvalue weighted by Crippen LogP contribution is 2.20. The Morgan fingerprint density at radius 2 is 2.18 bits per heavy atom. The molecular formula is C12H18BrN3O. The maximum atomic E-state index is 11.6. The van der Waals surface area contributed by atoms with E-state index in [1.165, 1.54) is 0 Å². The number of halogens is 1. The molecule has 1 aromatic rings. The van der Waals surface area contributed by atoms with E-state index in [2.05, 4.69) is 31.5 Å². The Morgan fingerprint density at radius 3 is 2.71 bits per heavy atom. The Balaban J connectivity index is 2.70. The molecule has 1 aromatic heterocycles. The molecule has 4 nitrogen and oxygen atoms in total. The molecule has 0 bridgehead atoms. The first-order valence-corrected chi connectivity index (χ1v) is 6.24. The number of anilines is 1. The monoisotopic (exact) mass is 299 g/mol. The molecule has 0 aliphatic carbocycles. The lowest BCUT2D eigenvalue weighted by molar-refractivity contribution is -0.128. The fraction of sp³-hybridized carbons (Fsp3) is 0.500. The summed E-state index contributed by atoms with van der Waals surface area (Å²) in [5, 5.41) is 5.86. The number of aryl methyl sites for hydroxylation is 1. The van der Waals surface area contributed by atoms with Gasteiger partial charge in [-0.1, -0.05) is 0 Å². The van der Waals surface area contributed by atoms with Gasteiger partial charge in [-0.3, -0.25) is 4.79 Å². The Labute approximate surface area is 110 Å². The second-order valence-corrected chi connectivity index (χ2v) is 5.55. The Kier molecular flexibility index (Phi) is 4.51. The molecule has 0 spiro atoms. The van der Waals surface area contributed by atoms with Gasteiger partial charge in [0.1, 0.15) is 5.82 Å². The van der Waals surface area contributed by atoms with E-state index >= 15 is 0 Å². The van der Waals surface area contributed by atoms with Crippen molar-refractivity contribution in [1.29, 1.82) is 0 Å². The third-order valence-corrected chi connectivity index (χ3v) is 3.02.